The average Bonchev–Trinajstić information content (AvgIpc) is 2.68. The summed E-state index contributed by atoms with van der Waals surface area (Å²) >= 11 is 0. The summed E-state index contributed by atoms with van der Waals surface area (Å²) in [5.74, 6) is -0.148. The number of amides is 2. The van der Waals surface area contributed by atoms with Crippen LogP contribution in [-0.2, 0) is 4.79 Å². The molecule has 0 spiro atoms. The standard InChI is InChI=1S/C21H25N3O2/c22-18-12-7-13-24(15-18)20(25)14-19(16-8-3-1-4-9-16)23-21(26)17-10-5-2-6-11-17/h1-6,8-11,18-19H,7,12-15,22H2,(H,23,26). The number of carbonyl (C=O) groups is 2. The van der Waals surface area contributed by atoms with Crippen LogP contribution >= 0.6 is 0 Å². The molecule has 26 heavy (non-hydrogen) atoms. The Balaban J connectivity index is 1.73. The molecular weight excluding hydrogens is 326 g/mol. The highest BCUT2D eigenvalue weighted by Crippen LogP contribution is 2.20. The van der Waals surface area contributed by atoms with E-state index < -0.39 is 0 Å². The first-order valence-corrected chi connectivity index (χ1v) is 9.07. The van der Waals surface area contributed by atoms with Gasteiger partial charge >= 0.3 is 0 Å². The zero-order valence-corrected chi connectivity index (χ0v) is 14.8. The third-order valence-corrected chi connectivity index (χ3v) is 4.73. The van der Waals surface area contributed by atoms with E-state index in [2.05, 4.69) is 5.32 Å². The van der Waals surface area contributed by atoms with Gasteiger partial charge in [0.2, 0.25) is 5.91 Å². The molecule has 2 atom stereocenters. The number of likely N-dealkylation sites (tertiary alicyclic amines) is 1. The summed E-state index contributed by atoms with van der Waals surface area (Å²) in [6, 6.07) is 18.4. The fourth-order valence-corrected chi connectivity index (χ4v) is 3.31. The minimum atomic E-state index is -0.366. The van der Waals surface area contributed by atoms with Gasteiger partial charge in [-0.2, -0.15) is 0 Å². The SMILES string of the molecule is NC1CCCN(C(=O)CC(NC(=O)c2ccccc2)c2ccccc2)C1. The highest BCUT2D eigenvalue weighted by molar-refractivity contribution is 5.94. The van der Waals surface area contributed by atoms with Crippen molar-refractivity contribution >= 4 is 11.8 Å². The minimum absolute atomic E-state index is 0.0300. The Kier molecular flexibility index (Phi) is 6.02. The molecule has 5 heteroatoms. The molecule has 0 aliphatic carbocycles. The van der Waals surface area contributed by atoms with Gasteiger partial charge in [0.25, 0.3) is 5.91 Å². The van der Waals surface area contributed by atoms with Crippen LogP contribution in [0.3, 0.4) is 0 Å². The highest BCUT2D eigenvalue weighted by Gasteiger charge is 2.25. The molecular formula is C21H25N3O2. The molecule has 1 aliphatic rings. The molecule has 0 bridgehead atoms. The van der Waals surface area contributed by atoms with Crippen LogP contribution in [0.4, 0.5) is 0 Å². The number of hydrogen-bond donors (Lipinski definition) is 2. The van der Waals surface area contributed by atoms with Crippen molar-refractivity contribution in [2.24, 2.45) is 5.73 Å². The van der Waals surface area contributed by atoms with Crippen LogP contribution in [0.15, 0.2) is 60.7 Å². The summed E-state index contributed by atoms with van der Waals surface area (Å²) < 4.78 is 0. The van der Waals surface area contributed by atoms with Crippen molar-refractivity contribution in [3.8, 4) is 0 Å². The largest absolute Gasteiger partial charge is 0.345 e. The van der Waals surface area contributed by atoms with Crippen molar-refractivity contribution in [2.45, 2.75) is 31.3 Å². The summed E-state index contributed by atoms with van der Waals surface area (Å²) in [5, 5.41) is 3.01. The number of piperidine rings is 1. The Hall–Kier alpha value is -2.66. The summed E-state index contributed by atoms with van der Waals surface area (Å²) in [6.07, 6.45) is 2.12. The molecule has 136 valence electrons. The van der Waals surface area contributed by atoms with Gasteiger partial charge in [-0.3, -0.25) is 9.59 Å². The molecule has 1 aliphatic heterocycles. The second-order valence-electron chi connectivity index (χ2n) is 6.75. The fraction of sp³-hybridized carbons (Fsp3) is 0.333. The fourth-order valence-electron chi connectivity index (χ4n) is 3.31. The number of carbonyl (C=O) groups excluding carboxylic acids is 2. The van der Waals surface area contributed by atoms with Crippen LogP contribution in [0.25, 0.3) is 0 Å². The lowest BCUT2D eigenvalue weighted by atomic mass is 10.0. The predicted octanol–water partition coefficient (Wildman–Crippen LogP) is 2.50. The Labute approximate surface area is 154 Å². The Bertz CT molecular complexity index is 733. The van der Waals surface area contributed by atoms with Gasteiger partial charge in [-0.05, 0) is 30.5 Å². The summed E-state index contributed by atoms with van der Waals surface area (Å²) in [7, 11) is 0. The zero-order valence-electron chi connectivity index (χ0n) is 14.8. The molecule has 1 fully saturated rings. The maximum absolute atomic E-state index is 12.8. The number of nitrogens with two attached hydrogens (primary N) is 1. The van der Waals surface area contributed by atoms with Crippen LogP contribution in [0, 0.1) is 0 Å². The summed E-state index contributed by atoms with van der Waals surface area (Å²) in [5.41, 5.74) is 7.50. The molecule has 0 radical (unpaired) electrons. The predicted molar refractivity (Wildman–Crippen MR) is 101 cm³/mol. The van der Waals surface area contributed by atoms with E-state index >= 15 is 0 Å². The van der Waals surface area contributed by atoms with E-state index in [1.165, 1.54) is 0 Å². The van der Waals surface area contributed by atoms with E-state index in [9.17, 15) is 9.59 Å². The van der Waals surface area contributed by atoms with Crippen LogP contribution in [-0.4, -0.2) is 35.8 Å². The molecule has 0 aromatic heterocycles. The molecule has 3 N–H and O–H groups in total. The van der Waals surface area contributed by atoms with Crippen molar-refractivity contribution in [3.63, 3.8) is 0 Å². The molecule has 2 amide bonds. The van der Waals surface area contributed by atoms with Gasteiger partial charge in [0.05, 0.1) is 12.5 Å². The van der Waals surface area contributed by atoms with Gasteiger partial charge < -0.3 is 16.0 Å². The van der Waals surface area contributed by atoms with E-state index in [1.807, 2.05) is 53.4 Å². The molecule has 0 saturated carbocycles. The quantitative estimate of drug-likeness (QED) is 0.869. The van der Waals surface area contributed by atoms with Gasteiger partial charge in [0.15, 0.2) is 0 Å². The first-order valence-electron chi connectivity index (χ1n) is 9.07. The Morgan fingerprint density at radius 2 is 1.73 bits per heavy atom. The maximum Gasteiger partial charge on any atom is 0.251 e. The number of benzene rings is 2. The van der Waals surface area contributed by atoms with E-state index in [0.29, 0.717) is 12.1 Å². The minimum Gasteiger partial charge on any atom is -0.345 e. The molecule has 5 nitrogen and oxygen atoms in total. The van der Waals surface area contributed by atoms with Gasteiger partial charge in [0.1, 0.15) is 0 Å². The van der Waals surface area contributed by atoms with Crippen molar-refractivity contribution in [1.29, 1.82) is 0 Å². The second kappa shape index (κ2) is 8.63. The van der Waals surface area contributed by atoms with Crippen molar-refractivity contribution in [2.75, 3.05) is 13.1 Å². The van der Waals surface area contributed by atoms with Gasteiger partial charge in [-0.15, -0.1) is 0 Å². The Morgan fingerprint density at radius 3 is 2.38 bits per heavy atom. The second-order valence-corrected chi connectivity index (χ2v) is 6.75. The maximum atomic E-state index is 12.8. The molecule has 1 saturated heterocycles. The van der Waals surface area contributed by atoms with Crippen molar-refractivity contribution in [3.05, 3.63) is 71.8 Å². The van der Waals surface area contributed by atoms with Crippen molar-refractivity contribution < 1.29 is 9.59 Å². The van der Waals surface area contributed by atoms with Gasteiger partial charge in [-0.25, -0.2) is 0 Å². The van der Waals surface area contributed by atoms with Gasteiger partial charge in [-0.1, -0.05) is 48.5 Å². The van der Waals surface area contributed by atoms with E-state index in [1.54, 1.807) is 12.1 Å². The van der Waals surface area contributed by atoms with Crippen LogP contribution in [0.1, 0.15) is 41.2 Å². The molecule has 3 rings (SSSR count). The third kappa shape index (κ3) is 4.70. The third-order valence-electron chi connectivity index (χ3n) is 4.73. The van der Waals surface area contributed by atoms with E-state index in [-0.39, 0.29) is 30.3 Å². The Morgan fingerprint density at radius 1 is 1.08 bits per heavy atom. The monoisotopic (exact) mass is 351 g/mol. The molecule has 2 aromatic carbocycles. The molecule has 1 heterocycles. The summed E-state index contributed by atoms with van der Waals surface area (Å²) in [6.45, 7) is 1.33. The smallest absolute Gasteiger partial charge is 0.251 e. The van der Waals surface area contributed by atoms with E-state index in [4.69, 9.17) is 5.73 Å². The lowest BCUT2D eigenvalue weighted by Crippen LogP contribution is -2.46. The average molecular weight is 351 g/mol. The summed E-state index contributed by atoms with van der Waals surface area (Å²) in [4.78, 5) is 27.2. The highest BCUT2D eigenvalue weighted by atomic mass is 16.2. The number of nitrogens with one attached hydrogen (secondary N) is 1. The van der Waals surface area contributed by atoms with Crippen LogP contribution < -0.4 is 11.1 Å². The molecule has 2 unspecified atom stereocenters. The van der Waals surface area contributed by atoms with Crippen LogP contribution in [0.5, 0.6) is 0 Å². The molecule has 2 aromatic rings. The lowest BCUT2D eigenvalue weighted by molar-refractivity contribution is -0.132. The number of rotatable bonds is 5. The normalized spacial score (nSPS) is 18.2. The van der Waals surface area contributed by atoms with Crippen molar-refractivity contribution in [1.82, 2.24) is 10.2 Å². The topological polar surface area (TPSA) is 75.4 Å². The number of nitrogens with zero attached hydrogens (tertiary/aromatic N) is 1. The number of hydrogen-bond acceptors (Lipinski definition) is 3. The first kappa shape index (κ1) is 18.1. The van der Waals surface area contributed by atoms with Crippen LogP contribution in [0.2, 0.25) is 0 Å². The lowest BCUT2D eigenvalue weighted by Gasteiger charge is -2.32. The van der Waals surface area contributed by atoms with E-state index in [0.717, 1.165) is 24.9 Å². The first-order chi connectivity index (χ1) is 12.6. The van der Waals surface area contributed by atoms with Gasteiger partial charge in [0, 0.05) is 24.7 Å². The zero-order chi connectivity index (χ0) is 18.4.